The zero-order valence-corrected chi connectivity index (χ0v) is 10.1. The van der Waals surface area contributed by atoms with Gasteiger partial charge < -0.3 is 9.53 Å². The Balaban J connectivity index is 0.000000288. The van der Waals surface area contributed by atoms with Crippen LogP contribution >= 0.6 is 11.6 Å². The third-order valence-electron chi connectivity index (χ3n) is 1.57. The lowest BCUT2D eigenvalue weighted by atomic mass is 10.2. The summed E-state index contributed by atoms with van der Waals surface area (Å²) in [6, 6.07) is 10.3. The largest absolute Gasteiger partial charge is 0.465 e. The molecule has 1 rings (SSSR count). The van der Waals surface area contributed by atoms with Crippen molar-refractivity contribution in [2.45, 2.75) is 19.2 Å². The number of rotatable bonds is 3. The third-order valence-corrected chi connectivity index (χ3v) is 1.85. The summed E-state index contributed by atoms with van der Waals surface area (Å²) in [7, 11) is 0. The van der Waals surface area contributed by atoms with Gasteiger partial charge in [-0.1, -0.05) is 35.9 Å². The molecule has 0 spiro atoms. The number of hydrogen-bond donors (Lipinski definition) is 0. The van der Waals surface area contributed by atoms with E-state index in [1.165, 1.54) is 5.56 Å². The van der Waals surface area contributed by atoms with Crippen molar-refractivity contribution in [2.24, 2.45) is 0 Å². The molecule has 0 N–H and O–H groups in total. The van der Waals surface area contributed by atoms with Crippen molar-refractivity contribution in [2.75, 3.05) is 6.61 Å². The van der Waals surface area contributed by atoms with Gasteiger partial charge in [-0.2, -0.15) is 0 Å². The fourth-order valence-corrected chi connectivity index (χ4v) is 0.875. The quantitative estimate of drug-likeness (QED) is 0.354. The van der Waals surface area contributed by atoms with E-state index in [9.17, 15) is 9.59 Å². The van der Waals surface area contributed by atoms with Crippen LogP contribution in [0.2, 0.25) is 0 Å². The molecule has 0 saturated heterocycles. The van der Waals surface area contributed by atoms with E-state index in [4.69, 9.17) is 11.6 Å². The number of hydrogen-bond acceptors (Lipinski definition) is 3. The molecule has 0 heterocycles. The van der Waals surface area contributed by atoms with Crippen molar-refractivity contribution in [3.63, 3.8) is 0 Å². The molecule has 0 aliphatic heterocycles. The van der Waals surface area contributed by atoms with Crippen LogP contribution in [0.1, 0.15) is 12.5 Å². The summed E-state index contributed by atoms with van der Waals surface area (Å²) in [6.07, 6.45) is 0.333. The Morgan fingerprint density at radius 2 is 2.00 bits per heavy atom. The monoisotopic (exact) mass is 242 g/mol. The first kappa shape index (κ1) is 14.6. The molecule has 0 bridgehead atoms. The molecule has 1 unspecified atom stereocenters. The van der Waals surface area contributed by atoms with E-state index in [1.807, 2.05) is 18.2 Å². The SMILES string of the molecule is CCOC(=O)C(Cl)C=O.Cc1ccccc1. The van der Waals surface area contributed by atoms with Gasteiger partial charge >= 0.3 is 5.97 Å². The summed E-state index contributed by atoms with van der Waals surface area (Å²) in [5.74, 6) is -0.686. The summed E-state index contributed by atoms with van der Waals surface area (Å²) in [4.78, 5) is 20.2. The lowest BCUT2D eigenvalue weighted by Crippen LogP contribution is -2.18. The standard InChI is InChI=1S/C7H8.C5H7ClO3/c1-7-5-3-2-4-6-7;1-2-9-5(8)4(6)3-7/h2-6H,1H3;3-4H,2H2,1H3. The molecule has 0 radical (unpaired) electrons. The van der Waals surface area contributed by atoms with Gasteiger partial charge in [0.25, 0.3) is 0 Å². The van der Waals surface area contributed by atoms with Crippen molar-refractivity contribution in [3.8, 4) is 0 Å². The fraction of sp³-hybridized carbons (Fsp3) is 0.333. The third kappa shape index (κ3) is 7.01. The van der Waals surface area contributed by atoms with E-state index < -0.39 is 11.3 Å². The van der Waals surface area contributed by atoms with Gasteiger partial charge in [0.05, 0.1) is 6.61 Å². The molecule has 16 heavy (non-hydrogen) atoms. The smallest absolute Gasteiger partial charge is 0.331 e. The van der Waals surface area contributed by atoms with Gasteiger partial charge in [0, 0.05) is 0 Å². The summed E-state index contributed by atoms with van der Waals surface area (Å²) >= 11 is 5.15. The van der Waals surface area contributed by atoms with Gasteiger partial charge in [-0.15, -0.1) is 11.6 Å². The Morgan fingerprint density at radius 3 is 2.31 bits per heavy atom. The second kappa shape index (κ2) is 8.92. The van der Waals surface area contributed by atoms with Crippen molar-refractivity contribution < 1.29 is 14.3 Å². The number of aldehydes is 1. The Hall–Kier alpha value is -1.35. The number of carbonyl (C=O) groups is 2. The normalized spacial score (nSPS) is 10.7. The van der Waals surface area contributed by atoms with Crippen LogP contribution in [0.25, 0.3) is 0 Å². The van der Waals surface area contributed by atoms with Crippen molar-refractivity contribution in [3.05, 3.63) is 35.9 Å². The van der Waals surface area contributed by atoms with Crippen molar-refractivity contribution >= 4 is 23.9 Å². The first-order valence-electron chi connectivity index (χ1n) is 4.89. The minimum Gasteiger partial charge on any atom is -0.465 e. The van der Waals surface area contributed by atoms with E-state index >= 15 is 0 Å². The molecule has 0 aliphatic rings. The van der Waals surface area contributed by atoms with E-state index in [2.05, 4.69) is 23.8 Å². The lowest BCUT2D eigenvalue weighted by molar-refractivity contribution is -0.143. The van der Waals surface area contributed by atoms with E-state index in [1.54, 1.807) is 6.92 Å². The van der Waals surface area contributed by atoms with Crippen molar-refractivity contribution in [1.82, 2.24) is 0 Å². The molecule has 0 amide bonds. The number of aryl methyl sites for hydroxylation is 1. The van der Waals surface area contributed by atoms with Crippen LogP contribution in [-0.2, 0) is 14.3 Å². The minimum absolute atomic E-state index is 0.246. The highest BCUT2D eigenvalue weighted by atomic mass is 35.5. The van der Waals surface area contributed by atoms with E-state index in [-0.39, 0.29) is 6.61 Å². The topological polar surface area (TPSA) is 43.4 Å². The predicted octanol–water partition coefficient (Wildman–Crippen LogP) is 2.35. The lowest BCUT2D eigenvalue weighted by Gasteiger charge is -1.99. The average molecular weight is 243 g/mol. The second-order valence-electron chi connectivity index (χ2n) is 2.94. The summed E-state index contributed by atoms with van der Waals surface area (Å²) < 4.78 is 4.39. The van der Waals surface area contributed by atoms with E-state index in [0.717, 1.165) is 0 Å². The maximum absolute atomic E-state index is 10.4. The fourth-order valence-electron chi connectivity index (χ4n) is 0.812. The van der Waals surface area contributed by atoms with Crippen molar-refractivity contribution in [1.29, 1.82) is 0 Å². The Kier molecular flexibility index (Phi) is 8.17. The summed E-state index contributed by atoms with van der Waals surface area (Å²) in [5, 5.41) is -1.15. The molecule has 88 valence electrons. The van der Waals surface area contributed by atoms with Gasteiger partial charge in [-0.05, 0) is 13.8 Å². The number of esters is 1. The van der Waals surface area contributed by atoms with Gasteiger partial charge in [-0.3, -0.25) is 0 Å². The van der Waals surface area contributed by atoms with Crippen LogP contribution in [0.5, 0.6) is 0 Å². The van der Waals surface area contributed by atoms with E-state index in [0.29, 0.717) is 6.29 Å². The minimum atomic E-state index is -1.15. The maximum Gasteiger partial charge on any atom is 0.331 e. The number of benzene rings is 1. The van der Waals surface area contributed by atoms with Gasteiger partial charge in [0.2, 0.25) is 0 Å². The van der Waals surface area contributed by atoms with Crippen LogP contribution in [0.3, 0.4) is 0 Å². The molecule has 1 atom stereocenters. The summed E-state index contributed by atoms with van der Waals surface area (Å²) in [5.41, 5.74) is 1.32. The molecule has 4 heteroatoms. The first-order chi connectivity index (χ1) is 7.61. The molecular weight excluding hydrogens is 228 g/mol. The zero-order valence-electron chi connectivity index (χ0n) is 9.35. The molecule has 0 saturated carbocycles. The molecular formula is C12H15ClO3. The van der Waals surface area contributed by atoms with Crippen LogP contribution in [0, 0.1) is 6.92 Å². The number of ether oxygens (including phenoxy) is 1. The Morgan fingerprint density at radius 1 is 1.44 bits per heavy atom. The highest BCUT2D eigenvalue weighted by Gasteiger charge is 2.13. The van der Waals surface area contributed by atoms with Crippen LogP contribution in [-0.4, -0.2) is 24.2 Å². The highest BCUT2D eigenvalue weighted by molar-refractivity contribution is 6.37. The van der Waals surface area contributed by atoms with Gasteiger partial charge in [0.15, 0.2) is 5.38 Å². The molecule has 1 aromatic rings. The molecule has 3 nitrogen and oxygen atoms in total. The number of halogens is 1. The van der Waals surface area contributed by atoms with Gasteiger partial charge in [0.1, 0.15) is 6.29 Å². The number of carbonyl (C=O) groups excluding carboxylic acids is 2. The molecule has 0 aromatic heterocycles. The maximum atomic E-state index is 10.4. The van der Waals surface area contributed by atoms with Crippen LogP contribution in [0.15, 0.2) is 30.3 Å². The zero-order chi connectivity index (χ0) is 12.4. The Bertz CT molecular complexity index is 311. The molecule has 0 aliphatic carbocycles. The predicted molar refractivity (Wildman–Crippen MR) is 63.5 cm³/mol. The highest BCUT2D eigenvalue weighted by Crippen LogP contribution is 1.93. The average Bonchev–Trinajstić information content (AvgIpc) is 2.30. The first-order valence-corrected chi connectivity index (χ1v) is 5.33. The summed E-state index contributed by atoms with van der Waals surface area (Å²) in [6.45, 7) is 3.97. The van der Waals surface area contributed by atoms with Crippen LogP contribution < -0.4 is 0 Å². The number of alkyl halides is 1. The molecule has 1 aromatic carbocycles. The van der Waals surface area contributed by atoms with Gasteiger partial charge in [-0.25, -0.2) is 4.79 Å². The second-order valence-corrected chi connectivity index (χ2v) is 3.41. The van der Waals surface area contributed by atoms with Crippen LogP contribution in [0.4, 0.5) is 0 Å². The molecule has 0 fully saturated rings. The Labute approximate surface area is 100 Å².